The lowest BCUT2D eigenvalue weighted by Gasteiger charge is -2.33. The first-order chi connectivity index (χ1) is 8.98. The van der Waals surface area contributed by atoms with Crippen LogP contribution in [0.5, 0.6) is 5.75 Å². The quantitative estimate of drug-likeness (QED) is 0.550. The molecule has 0 bridgehead atoms. The van der Waals surface area contributed by atoms with E-state index in [9.17, 15) is 31.0 Å². The van der Waals surface area contributed by atoms with Crippen LogP contribution in [0.15, 0.2) is 24.3 Å². The summed E-state index contributed by atoms with van der Waals surface area (Å²) in [6.45, 7) is 0. The van der Waals surface area contributed by atoms with Crippen LogP contribution in [-0.4, -0.2) is 35.9 Å². The largest absolute Gasteiger partial charge is 0.507 e. The van der Waals surface area contributed by atoms with Crippen LogP contribution in [0.25, 0.3) is 6.08 Å². The van der Waals surface area contributed by atoms with Gasteiger partial charge in [0.25, 0.3) is 20.2 Å². The molecule has 2 rings (SSSR count). The molecule has 0 spiro atoms. The van der Waals surface area contributed by atoms with Gasteiger partial charge < -0.3 is 10.8 Å². The third kappa shape index (κ3) is 2.11. The van der Waals surface area contributed by atoms with Gasteiger partial charge in [-0.25, -0.2) is 0 Å². The van der Waals surface area contributed by atoms with Gasteiger partial charge in [-0.2, -0.15) is 16.8 Å². The fourth-order valence-corrected chi connectivity index (χ4v) is 4.58. The highest BCUT2D eigenvalue weighted by Crippen LogP contribution is 2.43. The Kier molecular flexibility index (Phi) is 3.19. The summed E-state index contributed by atoms with van der Waals surface area (Å²) in [7, 11) is -10.0. The minimum Gasteiger partial charge on any atom is -0.507 e. The number of nitrogens with two attached hydrogens (primary N) is 1. The number of benzene rings is 1. The molecule has 2 atom stereocenters. The monoisotopic (exact) mass is 321 g/mol. The van der Waals surface area contributed by atoms with E-state index < -0.39 is 30.4 Å². The summed E-state index contributed by atoms with van der Waals surface area (Å²) in [6, 6.07) is 3.70. The first kappa shape index (κ1) is 14.9. The fourth-order valence-electron chi connectivity index (χ4n) is 2.14. The van der Waals surface area contributed by atoms with Crippen LogP contribution in [0, 0.1) is 0 Å². The highest BCUT2D eigenvalue weighted by Gasteiger charge is 2.54. The van der Waals surface area contributed by atoms with Gasteiger partial charge in [0.15, 0.2) is 10.1 Å². The van der Waals surface area contributed by atoms with E-state index in [1.807, 2.05) is 0 Å². The second kappa shape index (κ2) is 4.27. The normalized spacial score (nSPS) is 26.2. The van der Waals surface area contributed by atoms with Crippen LogP contribution in [0.1, 0.15) is 16.4 Å². The first-order valence-electron chi connectivity index (χ1n) is 5.22. The van der Waals surface area contributed by atoms with E-state index >= 15 is 0 Å². The summed E-state index contributed by atoms with van der Waals surface area (Å²) in [5.74, 6) is -0.315. The molecule has 0 saturated carbocycles. The van der Waals surface area contributed by atoms with Crippen molar-refractivity contribution in [2.75, 3.05) is 0 Å². The molecular formula is C10H11NO7S2. The number of hydrogen-bond acceptors (Lipinski definition) is 6. The molecule has 8 nitrogen and oxygen atoms in total. The van der Waals surface area contributed by atoms with Gasteiger partial charge in [0.2, 0.25) is 0 Å². The Bertz CT molecular complexity index is 797. The molecule has 0 heterocycles. The maximum Gasteiger partial charge on any atom is 0.289 e. The van der Waals surface area contributed by atoms with E-state index in [0.717, 1.165) is 6.08 Å². The van der Waals surface area contributed by atoms with Crippen LogP contribution < -0.4 is 5.73 Å². The molecule has 1 aromatic rings. The molecule has 0 aromatic heterocycles. The van der Waals surface area contributed by atoms with Gasteiger partial charge in [-0.05, 0) is 17.7 Å². The maximum absolute atomic E-state index is 11.5. The maximum atomic E-state index is 11.5. The van der Waals surface area contributed by atoms with Gasteiger partial charge in [0.1, 0.15) is 5.75 Å². The van der Waals surface area contributed by atoms with Crippen LogP contribution in [-0.2, 0) is 20.2 Å². The van der Waals surface area contributed by atoms with Gasteiger partial charge >= 0.3 is 0 Å². The minimum atomic E-state index is -5.04. The van der Waals surface area contributed by atoms with Gasteiger partial charge in [-0.15, -0.1) is 0 Å². The first-order valence-corrected chi connectivity index (χ1v) is 8.16. The third-order valence-corrected chi connectivity index (χ3v) is 5.72. The van der Waals surface area contributed by atoms with Gasteiger partial charge in [-0.1, -0.05) is 18.2 Å². The molecule has 0 fully saturated rings. The van der Waals surface area contributed by atoms with Crippen molar-refractivity contribution in [3.8, 4) is 5.75 Å². The van der Waals surface area contributed by atoms with Gasteiger partial charge in [0, 0.05) is 5.56 Å². The summed E-state index contributed by atoms with van der Waals surface area (Å²) >= 11 is 0. The molecule has 10 heteroatoms. The van der Waals surface area contributed by atoms with Crippen LogP contribution in [0.3, 0.4) is 0 Å². The molecule has 0 radical (unpaired) electrons. The average molecular weight is 321 g/mol. The zero-order valence-electron chi connectivity index (χ0n) is 9.83. The van der Waals surface area contributed by atoms with E-state index in [2.05, 4.69) is 0 Å². The number of phenols is 1. The van der Waals surface area contributed by atoms with Crippen molar-refractivity contribution in [2.45, 2.75) is 10.1 Å². The summed E-state index contributed by atoms with van der Waals surface area (Å²) < 4.78 is 64.3. The number of aromatic hydroxyl groups is 1. The minimum absolute atomic E-state index is 0.000139. The molecule has 0 aliphatic heterocycles. The van der Waals surface area contributed by atoms with E-state index in [0.29, 0.717) is 6.08 Å². The smallest absolute Gasteiger partial charge is 0.289 e. The lowest BCUT2D eigenvalue weighted by molar-refractivity contribution is 0.416. The Hall–Kier alpha value is -1.46. The molecule has 1 aliphatic rings. The molecule has 5 N–H and O–H groups in total. The molecular weight excluding hydrogens is 310 g/mol. The fraction of sp³-hybridized carbons (Fsp3) is 0.200. The molecule has 1 aliphatic carbocycles. The molecule has 110 valence electrons. The highest BCUT2D eigenvalue weighted by atomic mass is 32.2. The molecule has 0 saturated heterocycles. The zero-order chi connectivity index (χ0) is 15.3. The Morgan fingerprint density at radius 3 is 2.25 bits per heavy atom. The third-order valence-electron chi connectivity index (χ3n) is 3.06. The number of hydrogen-bond donors (Lipinski definition) is 4. The number of rotatable bonds is 2. The van der Waals surface area contributed by atoms with E-state index in [1.165, 1.54) is 18.2 Å². The standard InChI is InChI=1S/C10H11NO7S2/c11-10(20(16,17)18)5-4-6-7(2-1-3-8(6)12)9(10)19(13,14)15/h1-5,9,12H,11H2,(H,13,14,15)(H,16,17,18). The SMILES string of the molecule is NC1(S(=O)(=O)O)C=Cc2c(O)cccc2C1S(=O)(=O)O. The summed E-state index contributed by atoms with van der Waals surface area (Å²) in [4.78, 5) is -2.75. The van der Waals surface area contributed by atoms with Crippen molar-refractivity contribution in [1.82, 2.24) is 0 Å². The Morgan fingerprint density at radius 1 is 1.15 bits per heavy atom. The number of phenolic OH excluding ortho intramolecular Hbond substituents is 1. The van der Waals surface area contributed by atoms with Crippen LogP contribution >= 0.6 is 0 Å². The summed E-state index contributed by atoms with van der Waals surface area (Å²) in [5.41, 5.74) is 5.26. The van der Waals surface area contributed by atoms with Gasteiger partial charge in [-0.3, -0.25) is 9.11 Å². The van der Waals surface area contributed by atoms with Crippen molar-refractivity contribution in [3.05, 3.63) is 35.4 Å². The molecule has 0 amide bonds. The predicted octanol–water partition coefficient (Wildman–Crippen LogP) is -0.109. The second-order valence-electron chi connectivity index (χ2n) is 4.34. The van der Waals surface area contributed by atoms with E-state index in [1.54, 1.807) is 0 Å². The van der Waals surface area contributed by atoms with E-state index in [4.69, 9.17) is 5.73 Å². The Balaban J connectivity index is 2.88. The lowest BCUT2D eigenvalue weighted by atomic mass is 9.93. The topological polar surface area (TPSA) is 155 Å². The number of fused-ring (bicyclic) bond motifs is 1. The molecule has 20 heavy (non-hydrogen) atoms. The summed E-state index contributed by atoms with van der Waals surface area (Å²) in [6.07, 6.45) is 1.78. The predicted molar refractivity (Wildman–Crippen MR) is 69.9 cm³/mol. The van der Waals surface area contributed by atoms with Crippen molar-refractivity contribution < 1.29 is 31.0 Å². The zero-order valence-corrected chi connectivity index (χ0v) is 11.5. The summed E-state index contributed by atoms with van der Waals surface area (Å²) in [5, 5.41) is 7.48. The second-order valence-corrected chi connectivity index (χ2v) is 7.50. The lowest BCUT2D eigenvalue weighted by Crippen LogP contribution is -2.54. The van der Waals surface area contributed by atoms with Crippen molar-refractivity contribution in [1.29, 1.82) is 0 Å². The molecule has 2 unspecified atom stereocenters. The van der Waals surface area contributed by atoms with Crippen molar-refractivity contribution >= 4 is 26.3 Å². The van der Waals surface area contributed by atoms with Crippen molar-refractivity contribution in [2.24, 2.45) is 5.73 Å². The average Bonchev–Trinajstić information content (AvgIpc) is 2.25. The Morgan fingerprint density at radius 2 is 1.75 bits per heavy atom. The van der Waals surface area contributed by atoms with E-state index in [-0.39, 0.29) is 16.9 Å². The van der Waals surface area contributed by atoms with Gasteiger partial charge in [0.05, 0.1) is 0 Å². The molecule has 1 aromatic carbocycles. The van der Waals surface area contributed by atoms with Crippen LogP contribution in [0.4, 0.5) is 0 Å². The van der Waals surface area contributed by atoms with Crippen molar-refractivity contribution in [3.63, 3.8) is 0 Å². The van der Waals surface area contributed by atoms with Crippen LogP contribution in [0.2, 0.25) is 0 Å². The highest BCUT2D eigenvalue weighted by molar-refractivity contribution is 7.91. The Labute approximate surface area is 115 Å².